The van der Waals surface area contributed by atoms with Gasteiger partial charge in [0, 0.05) is 13.7 Å². The van der Waals surface area contributed by atoms with E-state index in [1.165, 1.54) is 12.7 Å². The molecule has 0 aliphatic carbocycles. The Balaban J connectivity index is 2.42. The highest BCUT2D eigenvalue weighted by Crippen LogP contribution is 2.03. The van der Waals surface area contributed by atoms with Crippen LogP contribution in [-0.2, 0) is 16.1 Å². The summed E-state index contributed by atoms with van der Waals surface area (Å²) in [6.45, 7) is 2.75. The van der Waals surface area contributed by atoms with Gasteiger partial charge < -0.3 is 15.8 Å². The first-order valence-electron chi connectivity index (χ1n) is 5.21. The minimum atomic E-state index is -0.602. The van der Waals surface area contributed by atoms with Crippen molar-refractivity contribution < 1.29 is 9.53 Å². The number of carbonyl (C=O) groups excluding carboxylic acids is 1. The van der Waals surface area contributed by atoms with Gasteiger partial charge in [0.25, 0.3) is 0 Å². The van der Waals surface area contributed by atoms with Gasteiger partial charge in [0.1, 0.15) is 6.04 Å². The number of nitrogens with one attached hydrogen (secondary N) is 1. The van der Waals surface area contributed by atoms with Crippen molar-refractivity contribution in [3.8, 4) is 0 Å². The van der Waals surface area contributed by atoms with Crippen LogP contribution in [0.2, 0.25) is 0 Å². The molecule has 1 unspecified atom stereocenters. The molecule has 88 valence electrons. The fraction of sp³-hybridized carbons (Fsp3) is 0.417. The van der Waals surface area contributed by atoms with Crippen molar-refractivity contribution in [1.29, 1.82) is 0 Å². The summed E-state index contributed by atoms with van der Waals surface area (Å²) in [5.74, 6) is -0.191. The van der Waals surface area contributed by atoms with Crippen LogP contribution < -0.4 is 11.1 Å². The highest BCUT2D eigenvalue weighted by molar-refractivity contribution is 5.81. The van der Waals surface area contributed by atoms with E-state index in [0.29, 0.717) is 6.54 Å². The third kappa shape index (κ3) is 4.00. The van der Waals surface area contributed by atoms with Crippen LogP contribution in [0.1, 0.15) is 11.1 Å². The van der Waals surface area contributed by atoms with E-state index in [9.17, 15) is 4.79 Å². The Bertz CT molecular complexity index is 353. The average Bonchev–Trinajstić information content (AvgIpc) is 2.26. The van der Waals surface area contributed by atoms with Crippen LogP contribution in [0.3, 0.4) is 0 Å². The van der Waals surface area contributed by atoms with E-state index in [1.807, 2.05) is 31.2 Å². The molecule has 0 saturated heterocycles. The Morgan fingerprint density at radius 3 is 2.94 bits per heavy atom. The van der Waals surface area contributed by atoms with Gasteiger partial charge in [-0.15, -0.1) is 0 Å². The molecule has 0 aromatic heterocycles. The van der Waals surface area contributed by atoms with E-state index >= 15 is 0 Å². The first-order chi connectivity index (χ1) is 7.63. The second-order valence-corrected chi connectivity index (χ2v) is 3.77. The number of methoxy groups -OCH3 is 1. The topological polar surface area (TPSA) is 64.3 Å². The summed E-state index contributed by atoms with van der Waals surface area (Å²) in [5.41, 5.74) is 7.83. The average molecular weight is 222 g/mol. The van der Waals surface area contributed by atoms with Gasteiger partial charge in [-0.25, -0.2) is 0 Å². The van der Waals surface area contributed by atoms with E-state index in [4.69, 9.17) is 10.5 Å². The molecule has 1 rings (SSSR count). The molecule has 0 saturated carbocycles. The molecule has 0 radical (unpaired) electrons. The maximum Gasteiger partial charge on any atom is 0.239 e. The molecule has 0 aliphatic heterocycles. The number of hydrogen-bond donors (Lipinski definition) is 2. The van der Waals surface area contributed by atoms with Crippen molar-refractivity contribution in [2.45, 2.75) is 19.5 Å². The zero-order valence-corrected chi connectivity index (χ0v) is 9.69. The number of hydrogen-bond acceptors (Lipinski definition) is 3. The molecular weight excluding hydrogens is 204 g/mol. The largest absolute Gasteiger partial charge is 0.383 e. The van der Waals surface area contributed by atoms with Gasteiger partial charge in [-0.1, -0.05) is 29.8 Å². The number of rotatable bonds is 5. The molecule has 1 aromatic rings. The SMILES string of the molecule is COCC(N)C(=O)NCc1cccc(C)c1. The summed E-state index contributed by atoms with van der Waals surface area (Å²) < 4.78 is 4.81. The smallest absolute Gasteiger partial charge is 0.239 e. The molecule has 4 nitrogen and oxygen atoms in total. The number of aryl methyl sites for hydroxylation is 1. The van der Waals surface area contributed by atoms with Gasteiger partial charge in [-0.05, 0) is 12.5 Å². The van der Waals surface area contributed by atoms with Crippen LogP contribution in [0, 0.1) is 6.92 Å². The van der Waals surface area contributed by atoms with Crippen molar-refractivity contribution in [3.05, 3.63) is 35.4 Å². The minimum absolute atomic E-state index is 0.191. The third-order valence-electron chi connectivity index (χ3n) is 2.23. The Kier molecular flexibility index (Phi) is 4.95. The predicted octanol–water partition coefficient (Wildman–Crippen LogP) is 0.585. The van der Waals surface area contributed by atoms with Crippen LogP contribution in [0.15, 0.2) is 24.3 Å². The Morgan fingerprint density at radius 2 is 2.31 bits per heavy atom. The number of ether oxygens (including phenoxy) is 1. The third-order valence-corrected chi connectivity index (χ3v) is 2.23. The van der Waals surface area contributed by atoms with E-state index < -0.39 is 6.04 Å². The summed E-state index contributed by atoms with van der Waals surface area (Å²) >= 11 is 0. The molecule has 4 heteroatoms. The Hall–Kier alpha value is -1.39. The van der Waals surface area contributed by atoms with Crippen LogP contribution in [-0.4, -0.2) is 25.7 Å². The Morgan fingerprint density at radius 1 is 1.56 bits per heavy atom. The molecule has 0 fully saturated rings. The van der Waals surface area contributed by atoms with Gasteiger partial charge >= 0.3 is 0 Å². The minimum Gasteiger partial charge on any atom is -0.383 e. The number of nitrogens with two attached hydrogens (primary N) is 1. The summed E-state index contributed by atoms with van der Waals surface area (Å²) in [6.07, 6.45) is 0. The van der Waals surface area contributed by atoms with Gasteiger partial charge in [-0.3, -0.25) is 4.79 Å². The lowest BCUT2D eigenvalue weighted by Gasteiger charge is -2.11. The highest BCUT2D eigenvalue weighted by Gasteiger charge is 2.11. The van der Waals surface area contributed by atoms with Gasteiger partial charge in [0.15, 0.2) is 0 Å². The predicted molar refractivity (Wildman–Crippen MR) is 62.9 cm³/mol. The lowest BCUT2D eigenvalue weighted by molar-refractivity contribution is -0.123. The second kappa shape index (κ2) is 6.25. The lowest BCUT2D eigenvalue weighted by Crippen LogP contribution is -2.43. The molecular formula is C12H18N2O2. The standard InChI is InChI=1S/C12H18N2O2/c1-9-4-3-5-10(6-9)7-14-12(15)11(13)8-16-2/h3-6,11H,7-8,13H2,1-2H3,(H,14,15). The van der Waals surface area contributed by atoms with Gasteiger partial charge in [0.2, 0.25) is 5.91 Å². The number of benzene rings is 1. The Labute approximate surface area is 95.8 Å². The molecule has 1 atom stereocenters. The maximum absolute atomic E-state index is 11.5. The van der Waals surface area contributed by atoms with E-state index in [0.717, 1.165) is 5.56 Å². The molecule has 16 heavy (non-hydrogen) atoms. The van der Waals surface area contributed by atoms with Crippen molar-refractivity contribution in [3.63, 3.8) is 0 Å². The van der Waals surface area contributed by atoms with Crippen molar-refractivity contribution in [2.75, 3.05) is 13.7 Å². The molecule has 0 bridgehead atoms. The summed E-state index contributed by atoms with van der Waals surface area (Å²) in [6, 6.07) is 7.38. The monoisotopic (exact) mass is 222 g/mol. The van der Waals surface area contributed by atoms with Crippen molar-refractivity contribution in [2.24, 2.45) is 5.73 Å². The zero-order valence-electron chi connectivity index (χ0n) is 9.69. The lowest BCUT2D eigenvalue weighted by atomic mass is 10.1. The van der Waals surface area contributed by atoms with Gasteiger partial charge in [-0.2, -0.15) is 0 Å². The van der Waals surface area contributed by atoms with Crippen LogP contribution in [0.25, 0.3) is 0 Å². The normalized spacial score (nSPS) is 12.2. The number of amides is 1. The first kappa shape index (κ1) is 12.7. The van der Waals surface area contributed by atoms with E-state index in [-0.39, 0.29) is 12.5 Å². The second-order valence-electron chi connectivity index (χ2n) is 3.77. The molecule has 1 aromatic carbocycles. The molecule has 3 N–H and O–H groups in total. The molecule has 0 spiro atoms. The maximum atomic E-state index is 11.5. The highest BCUT2D eigenvalue weighted by atomic mass is 16.5. The molecule has 1 amide bonds. The number of carbonyl (C=O) groups is 1. The molecule has 0 aliphatic rings. The van der Waals surface area contributed by atoms with E-state index in [2.05, 4.69) is 5.32 Å². The summed E-state index contributed by atoms with van der Waals surface area (Å²) in [4.78, 5) is 11.5. The summed E-state index contributed by atoms with van der Waals surface area (Å²) in [5, 5.41) is 2.77. The van der Waals surface area contributed by atoms with Crippen molar-refractivity contribution in [1.82, 2.24) is 5.32 Å². The van der Waals surface area contributed by atoms with Crippen LogP contribution >= 0.6 is 0 Å². The fourth-order valence-corrected chi connectivity index (χ4v) is 1.40. The zero-order chi connectivity index (χ0) is 12.0. The fourth-order valence-electron chi connectivity index (χ4n) is 1.40. The van der Waals surface area contributed by atoms with Crippen LogP contribution in [0.5, 0.6) is 0 Å². The quantitative estimate of drug-likeness (QED) is 0.766. The summed E-state index contributed by atoms with van der Waals surface area (Å²) in [7, 11) is 1.52. The molecule has 0 heterocycles. The first-order valence-corrected chi connectivity index (χ1v) is 5.21. The van der Waals surface area contributed by atoms with E-state index in [1.54, 1.807) is 0 Å². The van der Waals surface area contributed by atoms with Gasteiger partial charge in [0.05, 0.1) is 6.61 Å². The van der Waals surface area contributed by atoms with Crippen molar-refractivity contribution >= 4 is 5.91 Å². The van der Waals surface area contributed by atoms with Crippen LogP contribution in [0.4, 0.5) is 0 Å².